The second-order valence-corrected chi connectivity index (χ2v) is 7.27. The molecule has 4 nitrogen and oxygen atoms in total. The SMILES string of the molecule is Cc1ccccc1S(=O)(=O)N(Cc1cccnc1)C1CC1. The average molecular weight is 302 g/mol. The lowest BCUT2D eigenvalue weighted by Gasteiger charge is -2.22. The molecular weight excluding hydrogens is 284 g/mol. The molecule has 0 bridgehead atoms. The molecule has 1 aromatic carbocycles. The third-order valence-electron chi connectivity index (χ3n) is 3.70. The van der Waals surface area contributed by atoms with Crippen LogP contribution in [0.2, 0.25) is 0 Å². The van der Waals surface area contributed by atoms with Crippen molar-refractivity contribution in [3.05, 3.63) is 59.9 Å². The molecule has 1 aliphatic carbocycles. The van der Waals surface area contributed by atoms with Crippen LogP contribution in [0.25, 0.3) is 0 Å². The molecule has 1 fully saturated rings. The van der Waals surface area contributed by atoms with Gasteiger partial charge in [0.05, 0.1) is 4.90 Å². The van der Waals surface area contributed by atoms with E-state index in [2.05, 4.69) is 4.98 Å². The first-order valence-electron chi connectivity index (χ1n) is 7.05. The number of hydrogen-bond acceptors (Lipinski definition) is 3. The summed E-state index contributed by atoms with van der Waals surface area (Å²) in [5.74, 6) is 0. The van der Waals surface area contributed by atoms with Gasteiger partial charge in [0.25, 0.3) is 0 Å². The molecule has 21 heavy (non-hydrogen) atoms. The van der Waals surface area contributed by atoms with Crippen LogP contribution in [0.1, 0.15) is 24.0 Å². The zero-order chi connectivity index (χ0) is 14.9. The number of rotatable bonds is 5. The maximum Gasteiger partial charge on any atom is 0.243 e. The van der Waals surface area contributed by atoms with Gasteiger partial charge in [0.1, 0.15) is 0 Å². The fourth-order valence-corrected chi connectivity index (χ4v) is 4.32. The highest BCUT2D eigenvalue weighted by atomic mass is 32.2. The Morgan fingerprint density at radius 1 is 1.19 bits per heavy atom. The van der Waals surface area contributed by atoms with Gasteiger partial charge in [0.2, 0.25) is 10.0 Å². The number of hydrogen-bond donors (Lipinski definition) is 0. The first-order chi connectivity index (χ1) is 10.1. The normalized spacial score (nSPS) is 15.3. The summed E-state index contributed by atoms with van der Waals surface area (Å²) < 4.78 is 27.5. The van der Waals surface area contributed by atoms with Crippen LogP contribution in [0.3, 0.4) is 0 Å². The molecule has 110 valence electrons. The van der Waals surface area contributed by atoms with Gasteiger partial charge >= 0.3 is 0 Å². The lowest BCUT2D eigenvalue weighted by atomic mass is 10.2. The Morgan fingerprint density at radius 2 is 1.95 bits per heavy atom. The third-order valence-corrected chi connectivity index (χ3v) is 5.75. The highest BCUT2D eigenvalue weighted by molar-refractivity contribution is 7.89. The molecule has 1 heterocycles. The summed E-state index contributed by atoms with van der Waals surface area (Å²) in [6.45, 7) is 2.22. The first-order valence-corrected chi connectivity index (χ1v) is 8.49. The maximum atomic E-state index is 12.9. The van der Waals surface area contributed by atoms with Gasteiger partial charge in [-0.25, -0.2) is 8.42 Å². The van der Waals surface area contributed by atoms with Gasteiger partial charge in [-0.05, 0) is 43.0 Å². The molecule has 0 aliphatic heterocycles. The van der Waals surface area contributed by atoms with Gasteiger partial charge in [-0.15, -0.1) is 0 Å². The van der Waals surface area contributed by atoms with Crippen molar-refractivity contribution in [1.82, 2.24) is 9.29 Å². The van der Waals surface area contributed by atoms with Gasteiger partial charge in [0.15, 0.2) is 0 Å². The van der Waals surface area contributed by atoms with Gasteiger partial charge in [-0.3, -0.25) is 4.98 Å². The Bertz CT molecular complexity index is 725. The van der Waals surface area contributed by atoms with E-state index in [1.165, 1.54) is 0 Å². The largest absolute Gasteiger partial charge is 0.264 e. The van der Waals surface area contributed by atoms with E-state index in [1.807, 2.05) is 31.2 Å². The fraction of sp³-hybridized carbons (Fsp3) is 0.312. The van der Waals surface area contributed by atoms with E-state index >= 15 is 0 Å². The fourth-order valence-electron chi connectivity index (χ4n) is 2.42. The van der Waals surface area contributed by atoms with Crippen molar-refractivity contribution >= 4 is 10.0 Å². The smallest absolute Gasteiger partial charge is 0.243 e. The zero-order valence-corrected chi connectivity index (χ0v) is 12.8. The predicted octanol–water partition coefficient (Wildman–Crippen LogP) is 2.74. The van der Waals surface area contributed by atoms with Crippen molar-refractivity contribution in [2.45, 2.75) is 37.2 Å². The number of nitrogens with zero attached hydrogens (tertiary/aromatic N) is 2. The van der Waals surface area contributed by atoms with Crippen LogP contribution in [-0.2, 0) is 16.6 Å². The monoisotopic (exact) mass is 302 g/mol. The van der Waals surface area contributed by atoms with E-state index in [0.717, 1.165) is 24.0 Å². The minimum absolute atomic E-state index is 0.120. The minimum Gasteiger partial charge on any atom is -0.264 e. The Kier molecular flexibility index (Phi) is 3.78. The summed E-state index contributed by atoms with van der Waals surface area (Å²) in [4.78, 5) is 4.47. The lowest BCUT2D eigenvalue weighted by Crippen LogP contribution is -2.33. The van der Waals surface area contributed by atoms with Crippen molar-refractivity contribution in [2.24, 2.45) is 0 Å². The second-order valence-electron chi connectivity index (χ2n) is 5.41. The standard InChI is InChI=1S/C16H18N2O2S/c1-13-5-2-3-7-16(13)21(19,20)18(15-8-9-15)12-14-6-4-10-17-11-14/h2-7,10-11,15H,8-9,12H2,1H3. The van der Waals surface area contributed by atoms with E-state index < -0.39 is 10.0 Å². The average Bonchev–Trinajstić information content (AvgIpc) is 3.30. The zero-order valence-electron chi connectivity index (χ0n) is 11.9. The number of benzene rings is 1. The second kappa shape index (κ2) is 5.58. The maximum absolute atomic E-state index is 12.9. The Hall–Kier alpha value is -1.72. The van der Waals surface area contributed by atoms with Crippen molar-refractivity contribution in [3.8, 4) is 0 Å². The molecule has 0 unspecified atom stereocenters. The quantitative estimate of drug-likeness (QED) is 0.853. The van der Waals surface area contributed by atoms with Crippen molar-refractivity contribution in [1.29, 1.82) is 0 Å². The predicted molar refractivity (Wildman–Crippen MR) is 81.2 cm³/mol. The minimum atomic E-state index is -3.46. The van der Waals surface area contributed by atoms with Crippen LogP contribution in [-0.4, -0.2) is 23.7 Å². The topological polar surface area (TPSA) is 50.3 Å². The molecule has 0 atom stereocenters. The summed E-state index contributed by atoms with van der Waals surface area (Å²) in [5.41, 5.74) is 1.70. The molecule has 0 radical (unpaired) electrons. The Balaban J connectivity index is 1.96. The molecule has 2 aromatic rings. The highest BCUT2D eigenvalue weighted by Gasteiger charge is 2.38. The van der Waals surface area contributed by atoms with Crippen LogP contribution >= 0.6 is 0 Å². The molecule has 0 saturated heterocycles. The molecule has 1 aliphatic rings. The van der Waals surface area contributed by atoms with E-state index in [1.54, 1.807) is 28.8 Å². The molecule has 3 rings (SSSR count). The number of pyridine rings is 1. The lowest BCUT2D eigenvalue weighted by molar-refractivity contribution is 0.398. The molecule has 1 aromatic heterocycles. The van der Waals surface area contributed by atoms with Crippen molar-refractivity contribution in [3.63, 3.8) is 0 Å². The summed E-state index contributed by atoms with van der Waals surface area (Å²) >= 11 is 0. The first kappa shape index (κ1) is 14.2. The number of aromatic nitrogens is 1. The highest BCUT2D eigenvalue weighted by Crippen LogP contribution is 2.34. The third kappa shape index (κ3) is 2.99. The van der Waals surface area contributed by atoms with Crippen LogP contribution in [0.5, 0.6) is 0 Å². The summed E-state index contributed by atoms with van der Waals surface area (Å²) in [5, 5.41) is 0. The van der Waals surface area contributed by atoms with Gasteiger partial charge in [-0.2, -0.15) is 4.31 Å². The van der Waals surface area contributed by atoms with Crippen LogP contribution in [0, 0.1) is 6.92 Å². The van der Waals surface area contributed by atoms with Gasteiger partial charge in [-0.1, -0.05) is 24.3 Å². The van der Waals surface area contributed by atoms with Crippen LogP contribution in [0.15, 0.2) is 53.7 Å². The van der Waals surface area contributed by atoms with E-state index in [-0.39, 0.29) is 6.04 Å². The Morgan fingerprint density at radius 3 is 2.57 bits per heavy atom. The Labute approximate surface area is 125 Å². The van der Waals surface area contributed by atoms with Crippen LogP contribution < -0.4 is 0 Å². The summed E-state index contributed by atoms with van der Waals surface area (Å²) in [7, 11) is -3.46. The summed E-state index contributed by atoms with van der Waals surface area (Å²) in [6, 6.07) is 11.0. The summed E-state index contributed by atoms with van der Waals surface area (Å²) in [6.07, 6.45) is 5.29. The van der Waals surface area contributed by atoms with Crippen LogP contribution in [0.4, 0.5) is 0 Å². The van der Waals surface area contributed by atoms with E-state index in [4.69, 9.17) is 0 Å². The van der Waals surface area contributed by atoms with E-state index in [9.17, 15) is 8.42 Å². The number of sulfonamides is 1. The van der Waals surface area contributed by atoms with Gasteiger partial charge < -0.3 is 0 Å². The molecule has 0 amide bonds. The number of aryl methyl sites for hydroxylation is 1. The van der Waals surface area contributed by atoms with E-state index in [0.29, 0.717) is 11.4 Å². The molecule has 1 saturated carbocycles. The molecule has 0 N–H and O–H groups in total. The van der Waals surface area contributed by atoms with Crippen molar-refractivity contribution in [2.75, 3.05) is 0 Å². The van der Waals surface area contributed by atoms with Crippen molar-refractivity contribution < 1.29 is 8.42 Å². The van der Waals surface area contributed by atoms with Gasteiger partial charge in [0, 0.05) is 25.0 Å². The molecule has 5 heteroatoms. The molecule has 0 spiro atoms. The molecular formula is C16H18N2O2S.